The second-order valence-electron chi connectivity index (χ2n) is 5.42. The molecule has 118 valence electrons. The number of benzene rings is 1. The summed E-state index contributed by atoms with van der Waals surface area (Å²) in [4.78, 5) is 31.1. The lowest BCUT2D eigenvalue weighted by molar-refractivity contribution is -0.114. The first-order valence-corrected chi connectivity index (χ1v) is 7.38. The van der Waals surface area contributed by atoms with Crippen LogP contribution in [0.4, 0.5) is 17.2 Å². The summed E-state index contributed by atoms with van der Waals surface area (Å²) in [5.74, 6) is 0.239. The van der Waals surface area contributed by atoms with Crippen LogP contribution in [0.1, 0.15) is 30.3 Å². The number of nitrogens with zero attached hydrogens (tertiary/aromatic N) is 2. The normalized spacial score (nSPS) is 13.3. The van der Waals surface area contributed by atoms with Gasteiger partial charge in [0.05, 0.1) is 12.4 Å². The van der Waals surface area contributed by atoms with Crippen molar-refractivity contribution in [1.82, 2.24) is 15.3 Å². The minimum Gasteiger partial charge on any atom is -0.348 e. The summed E-state index contributed by atoms with van der Waals surface area (Å²) in [6.07, 6.45) is 5.04. The zero-order valence-electron chi connectivity index (χ0n) is 12.7. The Kier molecular flexibility index (Phi) is 4.18. The average molecular weight is 311 g/mol. The standard InChI is InChI=1S/C16H17N5O2/c1-10(22)19-11-2-4-12(5-3-11)20-15-9-17-14(8-18-15)16(23)21-13-6-7-13/h2-5,8-9,13H,6-7H2,1H3,(H,18,20)(H,19,22)(H,21,23). The van der Waals surface area contributed by atoms with Crippen molar-refractivity contribution in [2.24, 2.45) is 0 Å². The average Bonchev–Trinajstić information content (AvgIpc) is 3.33. The van der Waals surface area contributed by atoms with Crippen molar-refractivity contribution in [3.8, 4) is 0 Å². The van der Waals surface area contributed by atoms with E-state index in [4.69, 9.17) is 0 Å². The molecule has 7 nitrogen and oxygen atoms in total. The van der Waals surface area contributed by atoms with Crippen LogP contribution in [0.2, 0.25) is 0 Å². The number of amides is 2. The fourth-order valence-corrected chi connectivity index (χ4v) is 1.98. The highest BCUT2D eigenvalue weighted by Crippen LogP contribution is 2.19. The van der Waals surface area contributed by atoms with Crippen LogP contribution in [0.3, 0.4) is 0 Å². The van der Waals surface area contributed by atoms with Crippen molar-refractivity contribution >= 4 is 29.0 Å². The molecule has 1 heterocycles. The lowest BCUT2D eigenvalue weighted by Gasteiger charge is -2.07. The van der Waals surface area contributed by atoms with Crippen LogP contribution in [-0.2, 0) is 4.79 Å². The summed E-state index contributed by atoms with van der Waals surface area (Å²) in [5, 5.41) is 8.65. The number of carbonyl (C=O) groups excluding carboxylic acids is 2. The second-order valence-corrected chi connectivity index (χ2v) is 5.42. The van der Waals surface area contributed by atoms with Gasteiger partial charge in [0.15, 0.2) is 0 Å². The molecule has 0 saturated heterocycles. The Morgan fingerprint density at radius 2 is 1.74 bits per heavy atom. The summed E-state index contributed by atoms with van der Waals surface area (Å²) in [6.45, 7) is 1.46. The van der Waals surface area contributed by atoms with Gasteiger partial charge in [-0.05, 0) is 37.1 Å². The number of hydrogen-bond donors (Lipinski definition) is 3. The Labute approximate surface area is 133 Å². The van der Waals surface area contributed by atoms with Crippen molar-refractivity contribution < 1.29 is 9.59 Å². The van der Waals surface area contributed by atoms with Crippen molar-refractivity contribution in [2.45, 2.75) is 25.8 Å². The van der Waals surface area contributed by atoms with Gasteiger partial charge in [0, 0.05) is 24.3 Å². The van der Waals surface area contributed by atoms with E-state index in [-0.39, 0.29) is 11.8 Å². The Bertz CT molecular complexity index is 708. The third-order valence-electron chi connectivity index (χ3n) is 3.27. The summed E-state index contributed by atoms with van der Waals surface area (Å²) in [5.41, 5.74) is 1.84. The van der Waals surface area contributed by atoms with Crippen LogP contribution in [0.15, 0.2) is 36.7 Å². The number of anilines is 3. The highest BCUT2D eigenvalue weighted by atomic mass is 16.2. The van der Waals surface area contributed by atoms with E-state index in [1.54, 1.807) is 12.1 Å². The molecule has 1 aromatic carbocycles. The molecule has 0 atom stereocenters. The largest absolute Gasteiger partial charge is 0.348 e. The number of hydrogen-bond acceptors (Lipinski definition) is 5. The maximum atomic E-state index is 11.8. The fraction of sp³-hybridized carbons (Fsp3) is 0.250. The molecule has 1 fully saturated rings. The van der Waals surface area contributed by atoms with E-state index in [9.17, 15) is 9.59 Å². The number of rotatable bonds is 5. The Morgan fingerprint density at radius 3 is 2.30 bits per heavy atom. The quantitative estimate of drug-likeness (QED) is 0.785. The van der Waals surface area contributed by atoms with E-state index in [0.29, 0.717) is 17.6 Å². The van der Waals surface area contributed by atoms with E-state index in [1.807, 2.05) is 12.1 Å². The predicted molar refractivity (Wildman–Crippen MR) is 86.5 cm³/mol. The van der Waals surface area contributed by atoms with Gasteiger partial charge in [-0.1, -0.05) is 0 Å². The maximum absolute atomic E-state index is 11.8. The van der Waals surface area contributed by atoms with Gasteiger partial charge < -0.3 is 16.0 Å². The Balaban J connectivity index is 1.61. The molecule has 0 radical (unpaired) electrons. The number of carbonyl (C=O) groups is 2. The third-order valence-corrected chi connectivity index (χ3v) is 3.27. The molecule has 1 saturated carbocycles. The highest BCUT2D eigenvalue weighted by molar-refractivity contribution is 5.92. The lowest BCUT2D eigenvalue weighted by Crippen LogP contribution is -2.26. The summed E-state index contributed by atoms with van der Waals surface area (Å²) in [6, 6.07) is 7.51. The van der Waals surface area contributed by atoms with Gasteiger partial charge in [-0.2, -0.15) is 0 Å². The molecule has 3 rings (SSSR count). The maximum Gasteiger partial charge on any atom is 0.271 e. The predicted octanol–water partition coefficient (Wildman–Crippen LogP) is 2.07. The van der Waals surface area contributed by atoms with Crippen LogP contribution >= 0.6 is 0 Å². The van der Waals surface area contributed by atoms with Crippen LogP contribution in [0.25, 0.3) is 0 Å². The van der Waals surface area contributed by atoms with Gasteiger partial charge in [-0.25, -0.2) is 9.97 Å². The molecule has 2 amide bonds. The van der Waals surface area contributed by atoms with Gasteiger partial charge in [0.25, 0.3) is 5.91 Å². The molecule has 0 spiro atoms. The van der Waals surface area contributed by atoms with E-state index in [2.05, 4.69) is 25.9 Å². The lowest BCUT2D eigenvalue weighted by atomic mass is 10.2. The van der Waals surface area contributed by atoms with Crippen LogP contribution in [-0.4, -0.2) is 27.8 Å². The van der Waals surface area contributed by atoms with Gasteiger partial charge >= 0.3 is 0 Å². The highest BCUT2D eigenvalue weighted by Gasteiger charge is 2.24. The molecule has 7 heteroatoms. The first-order chi connectivity index (χ1) is 11.1. The summed E-state index contributed by atoms with van der Waals surface area (Å²) in [7, 11) is 0. The van der Waals surface area contributed by atoms with E-state index < -0.39 is 0 Å². The van der Waals surface area contributed by atoms with E-state index in [0.717, 1.165) is 24.2 Å². The van der Waals surface area contributed by atoms with Gasteiger partial charge in [0.1, 0.15) is 11.5 Å². The molecule has 2 aromatic rings. The topological polar surface area (TPSA) is 96.0 Å². The summed E-state index contributed by atoms with van der Waals surface area (Å²) < 4.78 is 0. The molecule has 1 aliphatic carbocycles. The molecule has 0 aliphatic heterocycles. The van der Waals surface area contributed by atoms with Crippen molar-refractivity contribution in [3.05, 3.63) is 42.4 Å². The van der Waals surface area contributed by atoms with Crippen molar-refractivity contribution in [1.29, 1.82) is 0 Å². The zero-order valence-corrected chi connectivity index (χ0v) is 12.7. The molecule has 0 bridgehead atoms. The SMILES string of the molecule is CC(=O)Nc1ccc(Nc2cnc(C(=O)NC3CC3)cn2)cc1. The van der Waals surface area contributed by atoms with Gasteiger partial charge in [-0.15, -0.1) is 0 Å². The van der Waals surface area contributed by atoms with E-state index in [1.165, 1.54) is 19.3 Å². The van der Waals surface area contributed by atoms with Crippen molar-refractivity contribution in [2.75, 3.05) is 10.6 Å². The number of nitrogens with one attached hydrogen (secondary N) is 3. The molecule has 3 N–H and O–H groups in total. The minimum absolute atomic E-state index is 0.114. The number of aromatic nitrogens is 2. The third kappa shape index (κ3) is 4.26. The van der Waals surface area contributed by atoms with Crippen molar-refractivity contribution in [3.63, 3.8) is 0 Å². The zero-order chi connectivity index (χ0) is 16.2. The molecule has 0 unspecified atom stereocenters. The first kappa shape index (κ1) is 15.0. The first-order valence-electron chi connectivity index (χ1n) is 7.38. The monoisotopic (exact) mass is 311 g/mol. The van der Waals surface area contributed by atoms with E-state index >= 15 is 0 Å². The second kappa shape index (κ2) is 6.43. The molecule has 1 aliphatic rings. The molecule has 23 heavy (non-hydrogen) atoms. The van der Waals surface area contributed by atoms with Gasteiger partial charge in [-0.3, -0.25) is 9.59 Å². The fourth-order valence-electron chi connectivity index (χ4n) is 1.98. The molecule has 1 aromatic heterocycles. The van der Waals surface area contributed by atoms with Crippen LogP contribution in [0, 0.1) is 0 Å². The smallest absolute Gasteiger partial charge is 0.271 e. The Morgan fingerprint density at radius 1 is 1.04 bits per heavy atom. The minimum atomic E-state index is -0.189. The van der Waals surface area contributed by atoms with Crippen LogP contribution in [0.5, 0.6) is 0 Å². The van der Waals surface area contributed by atoms with Gasteiger partial charge in [0.2, 0.25) is 5.91 Å². The molecular formula is C16H17N5O2. The Hall–Kier alpha value is -2.96. The molecular weight excluding hydrogens is 294 g/mol. The summed E-state index contributed by atoms with van der Waals surface area (Å²) >= 11 is 0. The van der Waals surface area contributed by atoms with Crippen LogP contribution < -0.4 is 16.0 Å².